The highest BCUT2D eigenvalue weighted by molar-refractivity contribution is 7.91. The fraction of sp³-hybridized carbons (Fsp3) is 0.238. The Kier molecular flexibility index (Phi) is 6.66. The Morgan fingerprint density at radius 3 is 2.41 bits per heavy atom. The average molecular weight is 432 g/mol. The molecule has 0 radical (unpaired) electrons. The highest BCUT2D eigenvalue weighted by atomic mass is 32.2. The number of hydrogen-bond donors (Lipinski definition) is 0. The lowest BCUT2D eigenvalue weighted by Gasteiger charge is -2.05. The van der Waals surface area contributed by atoms with Crippen molar-refractivity contribution in [1.29, 1.82) is 0 Å². The van der Waals surface area contributed by atoms with Crippen LogP contribution in [0.15, 0.2) is 58.8 Å². The van der Waals surface area contributed by atoms with Crippen LogP contribution in [0, 0.1) is 6.92 Å². The number of thiazole rings is 1. The van der Waals surface area contributed by atoms with Gasteiger partial charge in [-0.2, -0.15) is 0 Å². The number of hydrogen-bond acceptors (Lipinski definition) is 7. The number of ether oxygens (including phenoxy) is 2. The van der Waals surface area contributed by atoms with Crippen molar-refractivity contribution >= 4 is 27.1 Å². The first-order valence-corrected chi connectivity index (χ1v) is 11.4. The molecule has 0 aliphatic carbocycles. The molecule has 0 unspecified atom stereocenters. The van der Waals surface area contributed by atoms with Gasteiger partial charge in [0.1, 0.15) is 17.4 Å². The van der Waals surface area contributed by atoms with Crippen LogP contribution in [0.4, 0.5) is 0 Å². The van der Waals surface area contributed by atoms with Gasteiger partial charge in [-0.15, -0.1) is 11.3 Å². The molecule has 0 bridgehead atoms. The Balaban J connectivity index is 1.52. The van der Waals surface area contributed by atoms with E-state index in [1.807, 2.05) is 36.6 Å². The van der Waals surface area contributed by atoms with Crippen molar-refractivity contribution in [2.24, 2.45) is 0 Å². The van der Waals surface area contributed by atoms with Gasteiger partial charge in [0, 0.05) is 10.9 Å². The van der Waals surface area contributed by atoms with Crippen molar-refractivity contribution in [1.82, 2.24) is 4.98 Å². The lowest BCUT2D eigenvalue weighted by atomic mass is 10.2. The fourth-order valence-corrected chi connectivity index (χ4v) is 4.58. The molecule has 29 heavy (non-hydrogen) atoms. The summed E-state index contributed by atoms with van der Waals surface area (Å²) >= 11 is 1.44. The van der Waals surface area contributed by atoms with Crippen molar-refractivity contribution in [3.63, 3.8) is 0 Å². The van der Waals surface area contributed by atoms with Crippen LogP contribution < -0.4 is 4.74 Å². The van der Waals surface area contributed by atoms with Crippen LogP contribution in [-0.2, 0) is 26.0 Å². The van der Waals surface area contributed by atoms with E-state index in [0.717, 1.165) is 21.9 Å². The maximum atomic E-state index is 12.3. The van der Waals surface area contributed by atoms with Gasteiger partial charge >= 0.3 is 5.97 Å². The predicted octanol–water partition coefficient (Wildman–Crippen LogP) is 4.03. The van der Waals surface area contributed by atoms with E-state index in [1.54, 1.807) is 31.4 Å². The molecule has 0 amide bonds. The molecule has 0 spiro atoms. The summed E-state index contributed by atoms with van der Waals surface area (Å²) in [6.07, 6.45) is -0.203. The summed E-state index contributed by atoms with van der Waals surface area (Å²) in [7, 11) is -1.91. The minimum atomic E-state index is -3.52. The van der Waals surface area contributed by atoms with Crippen molar-refractivity contribution in [2.75, 3.05) is 12.9 Å². The maximum Gasteiger partial charge on any atom is 0.307 e. The van der Waals surface area contributed by atoms with E-state index in [4.69, 9.17) is 9.47 Å². The topological polar surface area (TPSA) is 82.6 Å². The second kappa shape index (κ2) is 9.19. The molecular formula is C21H21NO5S2. The number of carbonyl (C=O) groups excluding carboxylic acids is 1. The lowest BCUT2D eigenvalue weighted by Crippen LogP contribution is -2.13. The van der Waals surface area contributed by atoms with E-state index in [1.165, 1.54) is 11.3 Å². The first-order valence-electron chi connectivity index (χ1n) is 8.91. The summed E-state index contributed by atoms with van der Waals surface area (Å²) in [6.45, 7) is 1.89. The first kappa shape index (κ1) is 21.0. The van der Waals surface area contributed by atoms with E-state index in [-0.39, 0.29) is 23.7 Å². The molecule has 0 saturated heterocycles. The van der Waals surface area contributed by atoms with Gasteiger partial charge in [-0.25, -0.2) is 13.4 Å². The van der Waals surface area contributed by atoms with Crippen molar-refractivity contribution in [3.05, 3.63) is 65.2 Å². The second-order valence-electron chi connectivity index (χ2n) is 6.42. The molecule has 0 N–H and O–H groups in total. The molecule has 0 fully saturated rings. The predicted molar refractivity (Wildman–Crippen MR) is 112 cm³/mol. The maximum absolute atomic E-state index is 12.3. The van der Waals surface area contributed by atoms with Crippen molar-refractivity contribution in [3.8, 4) is 16.3 Å². The zero-order valence-corrected chi connectivity index (χ0v) is 17.8. The van der Waals surface area contributed by atoms with Crippen LogP contribution in [0.25, 0.3) is 10.6 Å². The monoisotopic (exact) mass is 431 g/mol. The number of benzene rings is 2. The summed E-state index contributed by atoms with van der Waals surface area (Å²) in [5.41, 5.74) is 2.54. The quantitative estimate of drug-likeness (QED) is 0.501. The van der Waals surface area contributed by atoms with Crippen LogP contribution in [0.1, 0.15) is 17.7 Å². The van der Waals surface area contributed by atoms with E-state index in [2.05, 4.69) is 4.98 Å². The third kappa shape index (κ3) is 5.65. The van der Waals surface area contributed by atoms with Gasteiger partial charge in [0.2, 0.25) is 0 Å². The molecule has 0 atom stereocenters. The van der Waals surface area contributed by atoms with E-state index in [0.29, 0.717) is 5.69 Å². The number of aryl methyl sites for hydroxylation is 1. The van der Waals surface area contributed by atoms with Gasteiger partial charge in [0.05, 0.1) is 29.9 Å². The van der Waals surface area contributed by atoms with Crippen LogP contribution in [0.5, 0.6) is 5.75 Å². The number of sulfone groups is 1. The Morgan fingerprint density at radius 2 is 1.76 bits per heavy atom. The number of rotatable bonds is 8. The Labute approximate surface area is 174 Å². The highest BCUT2D eigenvalue weighted by Gasteiger charge is 2.17. The van der Waals surface area contributed by atoms with Gasteiger partial charge < -0.3 is 9.47 Å². The van der Waals surface area contributed by atoms with Gasteiger partial charge in [-0.05, 0) is 43.3 Å². The zero-order chi connectivity index (χ0) is 20.9. The Hall–Kier alpha value is -2.71. The molecule has 2 aromatic carbocycles. The summed E-state index contributed by atoms with van der Waals surface area (Å²) in [4.78, 5) is 16.6. The minimum absolute atomic E-state index is 0.00999. The standard InChI is InChI=1S/C21H21NO5S2/c1-15-3-9-19(10-4-15)29(24,25)12-11-20(23)27-13-17-14-28-21(22-17)16-5-7-18(26-2)8-6-16/h3-10,14H,11-13H2,1-2H3. The summed E-state index contributed by atoms with van der Waals surface area (Å²) in [5, 5.41) is 2.62. The summed E-state index contributed by atoms with van der Waals surface area (Å²) in [6, 6.07) is 14.1. The van der Waals surface area contributed by atoms with Crippen LogP contribution >= 0.6 is 11.3 Å². The van der Waals surface area contributed by atoms with Gasteiger partial charge in [0.15, 0.2) is 9.84 Å². The minimum Gasteiger partial charge on any atom is -0.497 e. The number of carbonyl (C=O) groups is 1. The highest BCUT2D eigenvalue weighted by Crippen LogP contribution is 2.26. The third-order valence-corrected chi connectivity index (χ3v) is 6.90. The van der Waals surface area contributed by atoms with Gasteiger partial charge in [0.25, 0.3) is 0 Å². The number of aromatic nitrogens is 1. The molecule has 3 aromatic rings. The van der Waals surface area contributed by atoms with Crippen LogP contribution in [0.2, 0.25) is 0 Å². The summed E-state index contributed by atoms with van der Waals surface area (Å²) < 4.78 is 34.9. The van der Waals surface area contributed by atoms with Crippen LogP contribution in [-0.4, -0.2) is 32.2 Å². The molecule has 0 aliphatic heterocycles. The first-order chi connectivity index (χ1) is 13.9. The molecule has 0 saturated carbocycles. The number of esters is 1. The Bertz CT molecular complexity index is 1070. The van der Waals surface area contributed by atoms with Gasteiger partial charge in [-0.1, -0.05) is 17.7 Å². The summed E-state index contributed by atoms with van der Waals surface area (Å²) in [5.74, 6) is -0.0944. The Morgan fingerprint density at radius 1 is 1.07 bits per heavy atom. The smallest absolute Gasteiger partial charge is 0.307 e. The van der Waals surface area contributed by atoms with Crippen molar-refractivity contribution in [2.45, 2.75) is 24.8 Å². The molecular weight excluding hydrogens is 410 g/mol. The molecule has 1 heterocycles. The fourth-order valence-electron chi connectivity index (χ4n) is 2.55. The molecule has 152 valence electrons. The SMILES string of the molecule is COc1ccc(-c2nc(COC(=O)CCS(=O)(=O)c3ccc(C)cc3)cs2)cc1. The molecule has 0 aliphatic rings. The molecule has 8 heteroatoms. The lowest BCUT2D eigenvalue weighted by molar-refractivity contribution is -0.144. The average Bonchev–Trinajstić information content (AvgIpc) is 3.20. The molecule has 6 nitrogen and oxygen atoms in total. The van der Waals surface area contributed by atoms with Gasteiger partial charge in [-0.3, -0.25) is 4.79 Å². The van der Waals surface area contributed by atoms with E-state index in [9.17, 15) is 13.2 Å². The molecule has 1 aromatic heterocycles. The van der Waals surface area contributed by atoms with E-state index < -0.39 is 15.8 Å². The largest absolute Gasteiger partial charge is 0.497 e. The van der Waals surface area contributed by atoms with E-state index >= 15 is 0 Å². The molecule has 3 rings (SSSR count). The zero-order valence-electron chi connectivity index (χ0n) is 16.1. The number of nitrogens with zero attached hydrogens (tertiary/aromatic N) is 1. The second-order valence-corrected chi connectivity index (χ2v) is 9.38. The third-order valence-electron chi connectivity index (χ3n) is 4.22. The number of methoxy groups -OCH3 is 1. The normalized spacial score (nSPS) is 11.2. The van der Waals surface area contributed by atoms with Crippen LogP contribution in [0.3, 0.4) is 0 Å². The van der Waals surface area contributed by atoms with Crippen molar-refractivity contribution < 1.29 is 22.7 Å².